The molecule has 3 rings (SSSR count). The summed E-state index contributed by atoms with van der Waals surface area (Å²) in [6.07, 6.45) is 3.56. The Labute approximate surface area is 116 Å². The van der Waals surface area contributed by atoms with E-state index in [0.717, 1.165) is 0 Å². The third-order valence-corrected chi connectivity index (χ3v) is 3.19. The average molecular weight is 276 g/mol. The van der Waals surface area contributed by atoms with Crippen molar-refractivity contribution in [3.63, 3.8) is 0 Å². The molecule has 0 atom stereocenters. The van der Waals surface area contributed by atoms with Crippen LogP contribution in [0, 0.1) is 0 Å². The Morgan fingerprint density at radius 3 is 2.45 bits per heavy atom. The van der Waals surface area contributed by atoms with Crippen LogP contribution in [0.3, 0.4) is 0 Å². The molecule has 1 aromatic carbocycles. The Balaban J connectivity index is 2.20. The number of cyclic esters (lactones) is 1. The first-order valence-electron chi connectivity index (χ1n) is 6.39. The standard InChI is InChI=1S/C15H16O5/c1-14(2)6-5-8-9(18-14)7-10-11(12(8)16)13(17)20-15(3,4)19-10/h5-7,16H,1-4H3. The molecule has 0 amide bonds. The number of esters is 1. The van der Waals surface area contributed by atoms with Gasteiger partial charge in [0, 0.05) is 19.9 Å². The first kappa shape index (κ1) is 12.8. The maximum absolute atomic E-state index is 12.0. The molecule has 0 saturated heterocycles. The van der Waals surface area contributed by atoms with E-state index in [9.17, 15) is 9.90 Å². The van der Waals surface area contributed by atoms with Crippen LogP contribution in [-0.2, 0) is 4.74 Å². The Kier molecular flexibility index (Phi) is 2.37. The van der Waals surface area contributed by atoms with Gasteiger partial charge in [0.15, 0.2) is 0 Å². The van der Waals surface area contributed by atoms with Crippen LogP contribution in [0.4, 0.5) is 0 Å². The fourth-order valence-electron chi connectivity index (χ4n) is 2.32. The smallest absolute Gasteiger partial charge is 0.349 e. The predicted octanol–water partition coefficient (Wildman–Crippen LogP) is 2.86. The lowest BCUT2D eigenvalue weighted by atomic mass is 9.98. The molecule has 2 heterocycles. The molecule has 0 fully saturated rings. The first-order chi connectivity index (χ1) is 9.19. The molecule has 0 radical (unpaired) electrons. The van der Waals surface area contributed by atoms with Crippen LogP contribution in [0.1, 0.15) is 43.6 Å². The molecule has 1 aromatic rings. The van der Waals surface area contributed by atoms with Crippen molar-refractivity contribution in [1.29, 1.82) is 0 Å². The van der Waals surface area contributed by atoms with E-state index in [-0.39, 0.29) is 17.1 Å². The highest BCUT2D eigenvalue weighted by Crippen LogP contribution is 2.46. The zero-order valence-corrected chi connectivity index (χ0v) is 11.8. The normalized spacial score (nSPS) is 21.1. The van der Waals surface area contributed by atoms with Crippen molar-refractivity contribution >= 4 is 12.0 Å². The molecule has 0 unspecified atom stereocenters. The summed E-state index contributed by atoms with van der Waals surface area (Å²) in [6.45, 7) is 7.08. The molecule has 0 saturated carbocycles. The fourth-order valence-corrected chi connectivity index (χ4v) is 2.32. The number of phenolic OH excluding ortho intramolecular Hbond substituents is 1. The van der Waals surface area contributed by atoms with E-state index in [1.165, 1.54) is 0 Å². The number of hydrogen-bond donors (Lipinski definition) is 1. The van der Waals surface area contributed by atoms with Gasteiger partial charge in [0.1, 0.15) is 28.4 Å². The third kappa shape index (κ3) is 1.90. The van der Waals surface area contributed by atoms with Gasteiger partial charge < -0.3 is 19.3 Å². The van der Waals surface area contributed by atoms with Gasteiger partial charge >= 0.3 is 5.97 Å². The number of carbonyl (C=O) groups is 1. The van der Waals surface area contributed by atoms with Gasteiger partial charge in [-0.2, -0.15) is 0 Å². The monoisotopic (exact) mass is 276 g/mol. The lowest BCUT2D eigenvalue weighted by molar-refractivity contribution is -0.127. The van der Waals surface area contributed by atoms with Crippen LogP contribution in [0.2, 0.25) is 0 Å². The van der Waals surface area contributed by atoms with Crippen LogP contribution >= 0.6 is 0 Å². The molecule has 5 nitrogen and oxygen atoms in total. The number of ether oxygens (including phenoxy) is 3. The van der Waals surface area contributed by atoms with Crippen molar-refractivity contribution in [3.05, 3.63) is 23.3 Å². The van der Waals surface area contributed by atoms with Gasteiger partial charge in [-0.3, -0.25) is 0 Å². The van der Waals surface area contributed by atoms with Crippen molar-refractivity contribution in [1.82, 2.24) is 0 Å². The second kappa shape index (κ2) is 3.69. The average Bonchev–Trinajstić information content (AvgIpc) is 2.24. The SMILES string of the molecule is CC1(C)C=Cc2c(cc3c(c2O)C(=O)OC(C)(C)O3)O1. The molecule has 0 bridgehead atoms. The quantitative estimate of drug-likeness (QED) is 0.738. The summed E-state index contributed by atoms with van der Waals surface area (Å²) in [5, 5.41) is 10.3. The number of phenols is 1. The van der Waals surface area contributed by atoms with Gasteiger partial charge in [0.2, 0.25) is 5.79 Å². The van der Waals surface area contributed by atoms with Gasteiger partial charge in [0.05, 0.1) is 5.56 Å². The molecule has 0 aromatic heterocycles. The van der Waals surface area contributed by atoms with Crippen LogP contribution in [0.15, 0.2) is 12.1 Å². The Morgan fingerprint density at radius 1 is 1.05 bits per heavy atom. The molecule has 106 valence electrons. The highest BCUT2D eigenvalue weighted by Gasteiger charge is 2.38. The fraction of sp³-hybridized carbons (Fsp3) is 0.400. The summed E-state index contributed by atoms with van der Waals surface area (Å²) in [4.78, 5) is 12.0. The molecule has 0 aliphatic carbocycles. The molecule has 2 aliphatic rings. The van der Waals surface area contributed by atoms with Crippen molar-refractivity contribution in [2.24, 2.45) is 0 Å². The van der Waals surface area contributed by atoms with Gasteiger partial charge in [-0.1, -0.05) is 0 Å². The number of fused-ring (bicyclic) bond motifs is 2. The van der Waals surface area contributed by atoms with Gasteiger partial charge in [-0.15, -0.1) is 0 Å². The van der Waals surface area contributed by atoms with Gasteiger partial charge in [-0.05, 0) is 26.0 Å². The predicted molar refractivity (Wildman–Crippen MR) is 72.0 cm³/mol. The molecule has 0 spiro atoms. The minimum absolute atomic E-state index is 0.0380. The topological polar surface area (TPSA) is 65.0 Å². The first-order valence-corrected chi connectivity index (χ1v) is 6.39. The summed E-state index contributed by atoms with van der Waals surface area (Å²) in [5.41, 5.74) is 0.0256. The van der Waals surface area contributed by atoms with Gasteiger partial charge in [0.25, 0.3) is 0 Å². The van der Waals surface area contributed by atoms with Crippen molar-refractivity contribution < 1.29 is 24.1 Å². The van der Waals surface area contributed by atoms with E-state index in [2.05, 4.69) is 0 Å². The summed E-state index contributed by atoms with van der Waals surface area (Å²) < 4.78 is 16.5. The summed E-state index contributed by atoms with van der Waals surface area (Å²) in [5.74, 6) is -1.09. The van der Waals surface area contributed by atoms with E-state index >= 15 is 0 Å². The van der Waals surface area contributed by atoms with Crippen molar-refractivity contribution in [3.8, 4) is 17.2 Å². The second-order valence-electron chi connectivity index (χ2n) is 5.94. The summed E-state index contributed by atoms with van der Waals surface area (Å²) >= 11 is 0. The third-order valence-electron chi connectivity index (χ3n) is 3.19. The zero-order chi connectivity index (χ0) is 14.7. The maximum Gasteiger partial charge on any atom is 0.349 e. The maximum atomic E-state index is 12.0. The Hall–Kier alpha value is -2.17. The van der Waals surface area contributed by atoms with Crippen molar-refractivity contribution in [2.45, 2.75) is 39.1 Å². The number of rotatable bonds is 0. The second-order valence-corrected chi connectivity index (χ2v) is 5.94. The minimum atomic E-state index is -1.06. The number of benzene rings is 1. The molecule has 5 heteroatoms. The highest BCUT2D eigenvalue weighted by atomic mass is 16.7. The Bertz CT molecular complexity index is 640. The molecular weight excluding hydrogens is 260 g/mol. The minimum Gasteiger partial charge on any atom is -0.506 e. The van der Waals surface area contributed by atoms with Crippen LogP contribution in [0.5, 0.6) is 17.2 Å². The number of aromatic hydroxyl groups is 1. The lowest BCUT2D eigenvalue weighted by Crippen LogP contribution is -2.39. The van der Waals surface area contributed by atoms with E-state index in [4.69, 9.17) is 14.2 Å². The van der Waals surface area contributed by atoms with Crippen molar-refractivity contribution in [2.75, 3.05) is 0 Å². The summed E-state index contributed by atoms with van der Waals surface area (Å²) in [7, 11) is 0. The Morgan fingerprint density at radius 2 is 1.75 bits per heavy atom. The highest BCUT2D eigenvalue weighted by molar-refractivity contribution is 5.99. The molecular formula is C15H16O5. The van der Waals surface area contributed by atoms with Gasteiger partial charge in [-0.25, -0.2) is 4.79 Å². The molecule has 1 N–H and O–H groups in total. The largest absolute Gasteiger partial charge is 0.506 e. The number of carbonyl (C=O) groups excluding carboxylic acids is 1. The van der Waals surface area contributed by atoms with Crippen LogP contribution < -0.4 is 9.47 Å². The van der Waals surface area contributed by atoms with E-state index < -0.39 is 17.4 Å². The van der Waals surface area contributed by atoms with E-state index in [1.54, 1.807) is 26.0 Å². The van der Waals surface area contributed by atoms with Crippen LogP contribution in [-0.4, -0.2) is 22.5 Å². The lowest BCUT2D eigenvalue weighted by Gasteiger charge is -2.34. The molecule has 2 aliphatic heterocycles. The van der Waals surface area contributed by atoms with E-state index in [0.29, 0.717) is 11.3 Å². The van der Waals surface area contributed by atoms with E-state index in [1.807, 2.05) is 19.9 Å². The zero-order valence-electron chi connectivity index (χ0n) is 11.8. The van der Waals surface area contributed by atoms with Crippen LogP contribution in [0.25, 0.3) is 6.08 Å². The molecule has 20 heavy (non-hydrogen) atoms. The summed E-state index contributed by atoms with van der Waals surface area (Å²) in [6, 6.07) is 1.62. The number of hydrogen-bond acceptors (Lipinski definition) is 5.